The lowest BCUT2D eigenvalue weighted by molar-refractivity contribution is 0.660. The highest BCUT2D eigenvalue weighted by molar-refractivity contribution is 7.25. The highest BCUT2D eigenvalue weighted by atomic mass is 32.1. The van der Waals surface area contributed by atoms with Crippen LogP contribution in [0.4, 0.5) is 0 Å². The van der Waals surface area contributed by atoms with Crippen molar-refractivity contribution in [1.29, 1.82) is 0 Å². The summed E-state index contributed by atoms with van der Waals surface area (Å²) in [6, 6.07) is 93.8. The fraction of sp³-hybridized carbons (Fsp3) is 0.103. The first-order valence-corrected chi connectivity index (χ1v) is 33.0. The number of benzene rings is 12. The second-order valence-electron chi connectivity index (χ2n) is 27.2. The Morgan fingerprint density at radius 3 is 1.55 bits per heavy atom. The van der Waals surface area contributed by atoms with Gasteiger partial charge in [-0.15, -0.1) is 11.3 Å². The van der Waals surface area contributed by atoms with E-state index in [1.54, 1.807) is 0 Å². The Bertz CT molecular complexity index is 6030. The SMILES string of the molecule is CC1(C)c2ccccc2-c2c1c1c3ccccc3n(-c3ccc(-c4ccc5c(c4)sc4ccccc45)cn3)c1c1ccccc21.CC1(C)c2ccccc2-c2cc(-c3ccc(-n4c5ccc6ccccc6c5c5ccc6c(c54)C(C)(C)c4ccccc4-6)nc3)ccc21. The molecule has 3 aliphatic carbocycles. The molecular weight excluding hydrogens is 1130 g/mol. The van der Waals surface area contributed by atoms with Crippen molar-refractivity contribution in [1.82, 2.24) is 19.1 Å². The first-order chi connectivity index (χ1) is 44.9. The van der Waals surface area contributed by atoms with E-state index < -0.39 is 0 Å². The largest absolute Gasteiger partial charge is 0.293 e. The molecule has 5 heteroatoms. The van der Waals surface area contributed by atoms with E-state index in [9.17, 15) is 0 Å². The van der Waals surface area contributed by atoms with Crippen LogP contribution < -0.4 is 0 Å². The van der Waals surface area contributed by atoms with Crippen molar-refractivity contribution in [2.45, 2.75) is 57.8 Å². The minimum absolute atomic E-state index is 0.000959. The van der Waals surface area contributed by atoms with Crippen molar-refractivity contribution in [2.24, 2.45) is 0 Å². The van der Waals surface area contributed by atoms with E-state index in [0.717, 1.165) is 22.8 Å². The summed E-state index contributed by atoms with van der Waals surface area (Å²) >= 11 is 1.86. The van der Waals surface area contributed by atoms with Gasteiger partial charge in [0.2, 0.25) is 0 Å². The molecule has 5 aromatic heterocycles. The van der Waals surface area contributed by atoms with Gasteiger partial charge in [-0.05, 0) is 149 Å². The summed E-state index contributed by atoms with van der Waals surface area (Å²) in [6.07, 6.45) is 4.10. The maximum atomic E-state index is 5.23. The van der Waals surface area contributed by atoms with Gasteiger partial charge in [-0.1, -0.05) is 242 Å². The molecule has 0 atom stereocenters. The third kappa shape index (κ3) is 7.28. The van der Waals surface area contributed by atoms with E-state index in [-0.39, 0.29) is 16.2 Å². The summed E-state index contributed by atoms with van der Waals surface area (Å²) in [7, 11) is 0. The van der Waals surface area contributed by atoms with Crippen molar-refractivity contribution in [2.75, 3.05) is 0 Å². The first-order valence-electron chi connectivity index (χ1n) is 32.2. The summed E-state index contributed by atoms with van der Waals surface area (Å²) < 4.78 is 7.46. The minimum atomic E-state index is -0.151. The van der Waals surface area contributed by atoms with Gasteiger partial charge >= 0.3 is 0 Å². The van der Waals surface area contributed by atoms with E-state index in [1.165, 1.54) is 163 Å². The number of aromatic nitrogens is 4. The van der Waals surface area contributed by atoms with Gasteiger partial charge in [0.25, 0.3) is 0 Å². The number of nitrogens with zero attached hydrogens (tertiary/aromatic N) is 4. The van der Waals surface area contributed by atoms with Crippen LogP contribution in [-0.4, -0.2) is 19.1 Å². The normalized spacial score (nSPS) is 14.5. The van der Waals surface area contributed by atoms with Crippen LogP contribution in [0.3, 0.4) is 0 Å². The van der Waals surface area contributed by atoms with Gasteiger partial charge < -0.3 is 0 Å². The lowest BCUT2D eigenvalue weighted by Crippen LogP contribution is -2.16. The zero-order valence-electron chi connectivity index (χ0n) is 52.1. The van der Waals surface area contributed by atoms with Crippen LogP contribution >= 0.6 is 11.3 Å². The zero-order chi connectivity index (χ0) is 61.5. The number of fused-ring (bicyclic) bond motifs is 25. The number of thiophene rings is 1. The molecule has 0 amide bonds. The lowest BCUT2D eigenvalue weighted by atomic mass is 9.79. The second kappa shape index (κ2) is 19.2. The number of hydrogen-bond acceptors (Lipinski definition) is 3. The van der Waals surface area contributed by atoms with Crippen LogP contribution in [0, 0.1) is 0 Å². The fourth-order valence-corrected chi connectivity index (χ4v) is 18.1. The molecule has 0 aliphatic heterocycles. The maximum Gasteiger partial charge on any atom is 0.137 e. The van der Waals surface area contributed by atoms with Gasteiger partial charge in [-0.3, -0.25) is 9.13 Å². The van der Waals surface area contributed by atoms with Gasteiger partial charge in [-0.25, -0.2) is 9.97 Å². The Kier molecular flexibility index (Phi) is 11.1. The van der Waals surface area contributed by atoms with E-state index in [1.807, 2.05) is 17.5 Å². The van der Waals surface area contributed by atoms with Gasteiger partial charge in [0.05, 0.1) is 22.1 Å². The summed E-state index contributed by atoms with van der Waals surface area (Å²) in [5.74, 6) is 1.88. The second-order valence-corrected chi connectivity index (χ2v) is 28.2. The van der Waals surface area contributed by atoms with Gasteiger partial charge in [0.15, 0.2) is 0 Å². The average molecular weight is 1200 g/mol. The third-order valence-corrected chi connectivity index (χ3v) is 22.4. The Morgan fingerprint density at radius 2 is 0.826 bits per heavy atom. The number of hydrogen-bond donors (Lipinski definition) is 0. The van der Waals surface area contributed by atoms with Crippen molar-refractivity contribution in [3.8, 4) is 67.3 Å². The van der Waals surface area contributed by atoms with E-state index in [0.29, 0.717) is 0 Å². The van der Waals surface area contributed by atoms with Crippen LogP contribution in [0.15, 0.2) is 267 Å². The minimum Gasteiger partial charge on any atom is -0.293 e. The van der Waals surface area contributed by atoms with Gasteiger partial charge in [-0.2, -0.15) is 0 Å². The molecule has 436 valence electrons. The predicted molar refractivity (Wildman–Crippen MR) is 389 cm³/mol. The molecule has 0 fully saturated rings. The topological polar surface area (TPSA) is 35.6 Å². The molecule has 3 aliphatic rings. The number of rotatable bonds is 4. The molecule has 20 rings (SSSR count). The molecule has 0 unspecified atom stereocenters. The Morgan fingerprint density at radius 1 is 0.304 bits per heavy atom. The molecule has 0 bridgehead atoms. The number of para-hydroxylation sites is 1. The molecule has 0 saturated carbocycles. The Labute approximate surface area is 538 Å². The highest BCUT2D eigenvalue weighted by Crippen LogP contribution is 2.58. The van der Waals surface area contributed by atoms with E-state index in [2.05, 4.69) is 312 Å². The molecule has 0 saturated heterocycles. The lowest BCUT2D eigenvalue weighted by Gasteiger charge is -2.23. The van der Waals surface area contributed by atoms with Crippen LogP contribution in [0.1, 0.15) is 74.9 Å². The van der Waals surface area contributed by atoms with Crippen LogP contribution in [-0.2, 0) is 16.2 Å². The summed E-state index contributed by atoms with van der Waals surface area (Å²) in [5, 5.41) is 12.9. The summed E-state index contributed by atoms with van der Waals surface area (Å²) in [5.41, 5.74) is 25.6. The zero-order valence-corrected chi connectivity index (χ0v) is 52.9. The molecule has 12 aromatic carbocycles. The van der Waals surface area contributed by atoms with Gasteiger partial charge in [0, 0.05) is 86.9 Å². The fourth-order valence-electron chi connectivity index (χ4n) is 17.0. The first kappa shape index (κ1) is 53.1. The quantitative estimate of drug-likeness (QED) is 0.176. The number of pyridine rings is 2. The maximum absolute atomic E-state index is 5.23. The molecule has 0 spiro atoms. The Balaban J connectivity index is 0.000000132. The van der Waals surface area contributed by atoms with Crippen molar-refractivity contribution in [3.63, 3.8) is 0 Å². The molecular formula is C87H62N4S. The molecule has 92 heavy (non-hydrogen) atoms. The van der Waals surface area contributed by atoms with E-state index in [4.69, 9.17) is 9.97 Å². The van der Waals surface area contributed by atoms with Crippen molar-refractivity contribution in [3.05, 3.63) is 301 Å². The summed E-state index contributed by atoms with van der Waals surface area (Å²) in [6.45, 7) is 14.2. The third-order valence-electron chi connectivity index (χ3n) is 21.2. The van der Waals surface area contributed by atoms with Crippen LogP contribution in [0.5, 0.6) is 0 Å². The van der Waals surface area contributed by atoms with Gasteiger partial charge in [0.1, 0.15) is 11.6 Å². The molecule has 17 aromatic rings. The molecule has 0 radical (unpaired) electrons. The highest BCUT2D eigenvalue weighted by Gasteiger charge is 2.42. The predicted octanol–water partition coefficient (Wildman–Crippen LogP) is 23.3. The van der Waals surface area contributed by atoms with Crippen LogP contribution in [0.2, 0.25) is 0 Å². The molecule has 5 heterocycles. The monoisotopic (exact) mass is 1190 g/mol. The smallest absolute Gasteiger partial charge is 0.137 e. The average Bonchev–Trinajstić information content (AvgIpc) is 1.53. The Hall–Kier alpha value is -10.7. The molecule has 4 nitrogen and oxygen atoms in total. The van der Waals surface area contributed by atoms with Crippen molar-refractivity contribution < 1.29 is 0 Å². The summed E-state index contributed by atoms with van der Waals surface area (Å²) in [4.78, 5) is 10.4. The van der Waals surface area contributed by atoms with E-state index >= 15 is 0 Å². The standard InChI is InChI=1S/C45H34N2.C42H28N2S/c1-44(2)36-15-9-8-14-32(36)35-25-28(17-22-38(35)44)29-19-24-40(46-26-29)47-39-23-18-27-11-5-6-12-30(27)41(39)34-21-20-33-31-13-7-10-16-37(31)45(3,4)42(33)43(34)47;1-42(2)33-16-8-5-14-31(33)38-29-12-3-4-13-30(29)41-39(40(38)42)32-15-6-9-17-34(32)44(41)37-22-20-26(24-43-37)25-19-21-28-27-11-7-10-18-35(27)45-36(28)23-25/h5-26H,1-4H3;3-24H,1-2H3. The van der Waals surface area contributed by atoms with Crippen molar-refractivity contribution >= 4 is 96.7 Å². The van der Waals surface area contributed by atoms with Crippen LogP contribution in [0.25, 0.3) is 153 Å². The molecule has 0 N–H and O–H groups in total.